The zero-order valence-electron chi connectivity index (χ0n) is 12.3. The molecule has 1 heterocycles. The van der Waals surface area contributed by atoms with Crippen LogP contribution in [-0.2, 0) is 4.74 Å². The third-order valence-corrected chi connectivity index (χ3v) is 4.11. The van der Waals surface area contributed by atoms with Gasteiger partial charge in [-0.15, -0.1) is 12.4 Å². The first-order valence-electron chi connectivity index (χ1n) is 7.21. The Morgan fingerprint density at radius 3 is 2.73 bits per heavy atom. The number of hydrogen-bond acceptors (Lipinski definition) is 4. The molecule has 0 unspecified atom stereocenters. The average Bonchev–Trinajstić information content (AvgIpc) is 2.50. The molecule has 1 amide bonds. The van der Waals surface area contributed by atoms with Crippen LogP contribution in [0, 0.1) is 0 Å². The van der Waals surface area contributed by atoms with Crippen molar-refractivity contribution < 1.29 is 14.6 Å². The second-order valence-electron chi connectivity index (χ2n) is 5.17. The van der Waals surface area contributed by atoms with Gasteiger partial charge < -0.3 is 20.5 Å². The third-order valence-electron chi connectivity index (χ3n) is 3.62. The summed E-state index contributed by atoms with van der Waals surface area (Å²) in [4.78, 5) is 14.2. The number of carbonyl (C=O) groups is 1. The molecule has 1 aliphatic heterocycles. The summed E-state index contributed by atoms with van der Waals surface area (Å²) in [6.07, 6.45) is 2.72. The summed E-state index contributed by atoms with van der Waals surface area (Å²) in [6, 6.07) is 4.89. The number of aromatic hydroxyl groups is 1. The van der Waals surface area contributed by atoms with Gasteiger partial charge in [-0.05, 0) is 44.0 Å². The second kappa shape index (κ2) is 9.35. The number of benzene rings is 1. The number of phenolic OH excluding ortho intramolecular Hbond substituents is 1. The lowest BCUT2D eigenvalue weighted by atomic mass is 10.1. The number of carbonyl (C=O) groups excluding carboxylic acids is 1. The Kier molecular flexibility index (Phi) is 8.17. The minimum Gasteiger partial charge on any atom is -0.507 e. The smallest absolute Gasteiger partial charge is 0.257 e. The van der Waals surface area contributed by atoms with Gasteiger partial charge in [-0.2, -0.15) is 0 Å². The number of hydrogen-bond donors (Lipinski definition) is 2. The minimum atomic E-state index is -0.130. The van der Waals surface area contributed by atoms with Crippen molar-refractivity contribution in [3.05, 3.63) is 28.2 Å². The van der Waals surface area contributed by atoms with Crippen molar-refractivity contribution >= 4 is 34.2 Å². The lowest BCUT2D eigenvalue weighted by Gasteiger charge is -2.32. The number of piperidine rings is 1. The maximum absolute atomic E-state index is 12.4. The van der Waals surface area contributed by atoms with Crippen molar-refractivity contribution in [2.45, 2.75) is 25.4 Å². The van der Waals surface area contributed by atoms with Gasteiger partial charge in [0.05, 0.1) is 11.7 Å². The van der Waals surface area contributed by atoms with E-state index in [-0.39, 0.29) is 30.2 Å². The number of phenols is 1. The molecule has 0 radical (unpaired) electrons. The molecule has 1 aromatic rings. The van der Waals surface area contributed by atoms with E-state index < -0.39 is 0 Å². The molecule has 1 aromatic carbocycles. The summed E-state index contributed by atoms with van der Waals surface area (Å²) in [5.41, 5.74) is 5.78. The van der Waals surface area contributed by atoms with Crippen LogP contribution in [-0.4, -0.2) is 48.3 Å². The van der Waals surface area contributed by atoms with Gasteiger partial charge in [0.2, 0.25) is 0 Å². The van der Waals surface area contributed by atoms with Crippen molar-refractivity contribution in [1.82, 2.24) is 4.90 Å². The fourth-order valence-corrected chi connectivity index (χ4v) is 2.77. The van der Waals surface area contributed by atoms with E-state index in [0.29, 0.717) is 31.8 Å². The Balaban J connectivity index is 0.00000242. The standard InChI is InChI=1S/C15H21BrN2O3.ClH/c16-11-2-3-14(19)13(10-11)15(20)18-7-4-12(5-8-18)21-9-1-6-17;/h2-3,10,12,19H,1,4-9,17H2;1H. The van der Waals surface area contributed by atoms with Gasteiger partial charge in [-0.3, -0.25) is 4.79 Å². The molecule has 2 rings (SSSR count). The lowest BCUT2D eigenvalue weighted by molar-refractivity contribution is 0.00838. The molecule has 22 heavy (non-hydrogen) atoms. The quantitative estimate of drug-likeness (QED) is 0.754. The molecule has 1 aliphatic rings. The first kappa shape index (κ1) is 19.2. The summed E-state index contributed by atoms with van der Waals surface area (Å²) >= 11 is 3.32. The molecule has 5 nitrogen and oxygen atoms in total. The molecule has 0 aromatic heterocycles. The normalized spacial score (nSPS) is 15.5. The monoisotopic (exact) mass is 392 g/mol. The van der Waals surface area contributed by atoms with Crippen molar-refractivity contribution in [3.63, 3.8) is 0 Å². The molecule has 3 N–H and O–H groups in total. The van der Waals surface area contributed by atoms with Crippen LogP contribution in [0.1, 0.15) is 29.6 Å². The number of nitrogens with two attached hydrogens (primary N) is 1. The highest BCUT2D eigenvalue weighted by molar-refractivity contribution is 9.10. The van der Waals surface area contributed by atoms with Crippen molar-refractivity contribution in [2.75, 3.05) is 26.2 Å². The fraction of sp³-hybridized carbons (Fsp3) is 0.533. The number of nitrogens with zero attached hydrogens (tertiary/aromatic N) is 1. The van der Waals surface area contributed by atoms with Gasteiger partial charge >= 0.3 is 0 Å². The zero-order chi connectivity index (χ0) is 15.2. The van der Waals surface area contributed by atoms with Crippen LogP contribution in [0.25, 0.3) is 0 Å². The lowest BCUT2D eigenvalue weighted by Crippen LogP contribution is -2.41. The van der Waals surface area contributed by atoms with E-state index in [1.54, 1.807) is 17.0 Å². The topological polar surface area (TPSA) is 75.8 Å². The number of ether oxygens (including phenoxy) is 1. The molecule has 0 atom stereocenters. The van der Waals surface area contributed by atoms with Gasteiger partial charge in [0.1, 0.15) is 5.75 Å². The second-order valence-corrected chi connectivity index (χ2v) is 6.08. The van der Waals surface area contributed by atoms with E-state index >= 15 is 0 Å². The fourth-order valence-electron chi connectivity index (χ4n) is 2.41. The first-order chi connectivity index (χ1) is 10.1. The molecule has 1 fully saturated rings. The number of halogens is 2. The van der Waals surface area contributed by atoms with Gasteiger partial charge in [-0.25, -0.2) is 0 Å². The van der Waals surface area contributed by atoms with E-state index in [9.17, 15) is 9.90 Å². The third kappa shape index (κ3) is 5.12. The van der Waals surface area contributed by atoms with Gasteiger partial charge in [0.25, 0.3) is 5.91 Å². The number of amides is 1. The highest BCUT2D eigenvalue weighted by Gasteiger charge is 2.25. The van der Waals surface area contributed by atoms with E-state index in [0.717, 1.165) is 23.7 Å². The number of rotatable bonds is 5. The maximum Gasteiger partial charge on any atom is 0.257 e. The van der Waals surface area contributed by atoms with Gasteiger partial charge in [0, 0.05) is 24.2 Å². The highest BCUT2D eigenvalue weighted by Crippen LogP contribution is 2.25. The first-order valence-corrected chi connectivity index (χ1v) is 8.00. The Hall–Kier alpha value is -0.820. The van der Waals surface area contributed by atoms with Crippen molar-refractivity contribution in [1.29, 1.82) is 0 Å². The van der Waals surface area contributed by atoms with Crippen molar-refractivity contribution in [2.24, 2.45) is 5.73 Å². The molecule has 1 saturated heterocycles. The van der Waals surface area contributed by atoms with Crippen LogP contribution in [0.4, 0.5) is 0 Å². The summed E-state index contributed by atoms with van der Waals surface area (Å²) in [6.45, 7) is 2.62. The summed E-state index contributed by atoms with van der Waals surface area (Å²) < 4.78 is 6.51. The van der Waals surface area contributed by atoms with Crippen LogP contribution in [0.2, 0.25) is 0 Å². The Labute approximate surface area is 145 Å². The SMILES string of the molecule is Cl.NCCCOC1CCN(C(=O)c2cc(Br)ccc2O)CC1. The summed E-state index contributed by atoms with van der Waals surface area (Å²) in [5, 5.41) is 9.83. The largest absolute Gasteiger partial charge is 0.507 e. The molecule has 0 spiro atoms. The van der Waals surface area contributed by atoms with E-state index in [1.807, 2.05) is 0 Å². The number of likely N-dealkylation sites (tertiary alicyclic amines) is 1. The Morgan fingerprint density at radius 1 is 1.41 bits per heavy atom. The average molecular weight is 394 g/mol. The zero-order valence-corrected chi connectivity index (χ0v) is 14.7. The highest BCUT2D eigenvalue weighted by atomic mass is 79.9. The van der Waals surface area contributed by atoms with Crippen LogP contribution in [0.5, 0.6) is 5.75 Å². The molecule has 0 saturated carbocycles. The Bertz CT molecular complexity index is 494. The van der Waals surface area contributed by atoms with E-state index in [1.165, 1.54) is 6.07 Å². The van der Waals surface area contributed by atoms with Crippen LogP contribution < -0.4 is 5.73 Å². The van der Waals surface area contributed by atoms with Crippen molar-refractivity contribution in [3.8, 4) is 5.75 Å². The van der Waals surface area contributed by atoms with Gasteiger partial charge in [0.15, 0.2) is 0 Å². The molecule has 124 valence electrons. The Morgan fingerprint density at radius 2 is 2.09 bits per heavy atom. The predicted molar refractivity (Wildman–Crippen MR) is 91.6 cm³/mol. The summed E-state index contributed by atoms with van der Waals surface area (Å²) in [7, 11) is 0. The molecule has 0 aliphatic carbocycles. The summed E-state index contributed by atoms with van der Waals surface area (Å²) in [5.74, 6) is -0.112. The van der Waals surface area contributed by atoms with Gasteiger partial charge in [-0.1, -0.05) is 15.9 Å². The molecule has 7 heteroatoms. The minimum absolute atomic E-state index is 0. The van der Waals surface area contributed by atoms with Crippen LogP contribution in [0.15, 0.2) is 22.7 Å². The molecular formula is C15H22BrClN2O3. The van der Waals surface area contributed by atoms with Crippen LogP contribution in [0.3, 0.4) is 0 Å². The molecule has 0 bridgehead atoms. The molecular weight excluding hydrogens is 372 g/mol. The predicted octanol–water partition coefficient (Wildman–Crippen LogP) is 2.55. The maximum atomic E-state index is 12.4. The van der Waals surface area contributed by atoms with Crippen LogP contribution >= 0.6 is 28.3 Å². The van der Waals surface area contributed by atoms with E-state index in [4.69, 9.17) is 10.5 Å². The van der Waals surface area contributed by atoms with E-state index in [2.05, 4.69) is 15.9 Å².